The first-order chi connectivity index (χ1) is 10.5. The third-order valence-corrected chi connectivity index (χ3v) is 4.12. The standard InChI is InChI=1S/C14H17Cl2N3O3/c15-10-2-1-9(7-11(10)16)12-8-19(5-6-22-12)4-3-13(20)18-14(17)21/h1-2,7,12H,3-6,8H2,(H3,17,18,20,21)/t12-/m1/s1. The lowest BCUT2D eigenvalue weighted by Gasteiger charge is -2.33. The Kier molecular flexibility index (Phi) is 6.02. The van der Waals surface area contributed by atoms with Crippen LogP contribution in [0.1, 0.15) is 18.1 Å². The summed E-state index contributed by atoms with van der Waals surface area (Å²) >= 11 is 11.9. The van der Waals surface area contributed by atoms with Gasteiger partial charge in [0, 0.05) is 26.1 Å². The van der Waals surface area contributed by atoms with Crippen LogP contribution in [0.3, 0.4) is 0 Å². The number of hydrogen-bond donors (Lipinski definition) is 2. The highest BCUT2D eigenvalue weighted by molar-refractivity contribution is 6.42. The molecule has 1 aromatic carbocycles. The quantitative estimate of drug-likeness (QED) is 0.873. The van der Waals surface area contributed by atoms with E-state index in [1.807, 2.05) is 11.4 Å². The zero-order valence-electron chi connectivity index (χ0n) is 11.9. The van der Waals surface area contributed by atoms with E-state index < -0.39 is 6.03 Å². The smallest absolute Gasteiger partial charge is 0.318 e. The van der Waals surface area contributed by atoms with Crippen LogP contribution in [-0.2, 0) is 9.53 Å². The summed E-state index contributed by atoms with van der Waals surface area (Å²) in [4.78, 5) is 24.1. The van der Waals surface area contributed by atoms with Crippen LogP contribution in [0.15, 0.2) is 18.2 Å². The highest BCUT2D eigenvalue weighted by Crippen LogP contribution is 2.29. The summed E-state index contributed by atoms with van der Waals surface area (Å²) in [7, 11) is 0. The SMILES string of the molecule is NC(=O)NC(=O)CCN1CCO[C@@H](c2ccc(Cl)c(Cl)c2)C1. The number of carbonyl (C=O) groups excluding carboxylic acids is 2. The molecule has 0 bridgehead atoms. The maximum Gasteiger partial charge on any atom is 0.318 e. The van der Waals surface area contributed by atoms with E-state index in [4.69, 9.17) is 33.7 Å². The lowest BCUT2D eigenvalue weighted by atomic mass is 10.1. The number of ether oxygens (including phenoxy) is 1. The van der Waals surface area contributed by atoms with Crippen molar-refractivity contribution in [2.45, 2.75) is 12.5 Å². The molecule has 6 nitrogen and oxygen atoms in total. The van der Waals surface area contributed by atoms with Gasteiger partial charge in [0.25, 0.3) is 0 Å². The first kappa shape index (κ1) is 17.0. The molecule has 1 aliphatic rings. The van der Waals surface area contributed by atoms with Crippen molar-refractivity contribution in [2.75, 3.05) is 26.2 Å². The second-order valence-electron chi connectivity index (χ2n) is 5.00. The number of halogens is 2. The van der Waals surface area contributed by atoms with Crippen molar-refractivity contribution in [3.63, 3.8) is 0 Å². The van der Waals surface area contributed by atoms with Gasteiger partial charge >= 0.3 is 6.03 Å². The Morgan fingerprint density at radius 3 is 2.82 bits per heavy atom. The number of rotatable bonds is 4. The first-order valence-corrected chi connectivity index (χ1v) is 7.59. The van der Waals surface area contributed by atoms with Gasteiger partial charge in [-0.3, -0.25) is 15.0 Å². The van der Waals surface area contributed by atoms with Gasteiger partial charge in [-0.25, -0.2) is 4.79 Å². The minimum absolute atomic E-state index is 0.122. The highest BCUT2D eigenvalue weighted by atomic mass is 35.5. The van der Waals surface area contributed by atoms with Crippen LogP contribution in [0.5, 0.6) is 0 Å². The minimum Gasteiger partial charge on any atom is -0.371 e. The van der Waals surface area contributed by atoms with E-state index in [0.717, 1.165) is 12.1 Å². The van der Waals surface area contributed by atoms with Crippen LogP contribution >= 0.6 is 23.2 Å². The fourth-order valence-electron chi connectivity index (χ4n) is 2.28. The largest absolute Gasteiger partial charge is 0.371 e. The van der Waals surface area contributed by atoms with Crippen LogP contribution in [0.4, 0.5) is 4.79 Å². The molecule has 1 saturated heterocycles. The van der Waals surface area contributed by atoms with E-state index >= 15 is 0 Å². The Morgan fingerprint density at radius 1 is 1.36 bits per heavy atom. The van der Waals surface area contributed by atoms with Crippen molar-refractivity contribution in [1.82, 2.24) is 10.2 Å². The van der Waals surface area contributed by atoms with Crippen molar-refractivity contribution in [2.24, 2.45) is 5.73 Å². The molecule has 0 saturated carbocycles. The minimum atomic E-state index is -0.833. The van der Waals surface area contributed by atoms with Crippen LogP contribution in [-0.4, -0.2) is 43.1 Å². The molecule has 0 aromatic heterocycles. The topological polar surface area (TPSA) is 84.7 Å². The summed E-state index contributed by atoms with van der Waals surface area (Å²) in [5, 5.41) is 3.04. The fraction of sp³-hybridized carbons (Fsp3) is 0.429. The van der Waals surface area contributed by atoms with Gasteiger partial charge in [-0.2, -0.15) is 0 Å². The molecule has 0 radical (unpaired) electrons. The Balaban J connectivity index is 1.90. The predicted molar refractivity (Wildman–Crippen MR) is 83.9 cm³/mol. The van der Waals surface area contributed by atoms with Crippen LogP contribution in [0, 0.1) is 0 Å². The van der Waals surface area contributed by atoms with Crippen molar-refractivity contribution in [1.29, 1.82) is 0 Å². The van der Waals surface area contributed by atoms with Crippen molar-refractivity contribution in [3.8, 4) is 0 Å². The number of urea groups is 1. The molecule has 0 spiro atoms. The summed E-state index contributed by atoms with van der Waals surface area (Å²) in [5.74, 6) is -0.384. The van der Waals surface area contributed by atoms with Crippen LogP contribution < -0.4 is 11.1 Å². The average molecular weight is 346 g/mol. The number of hydrogen-bond acceptors (Lipinski definition) is 4. The molecule has 1 aliphatic heterocycles. The molecule has 1 fully saturated rings. The Bertz CT molecular complexity index is 568. The van der Waals surface area contributed by atoms with Crippen molar-refractivity contribution < 1.29 is 14.3 Å². The number of primary amides is 1. The number of nitrogens with two attached hydrogens (primary N) is 1. The zero-order chi connectivity index (χ0) is 16.1. The van der Waals surface area contributed by atoms with E-state index in [1.165, 1.54) is 0 Å². The van der Waals surface area contributed by atoms with E-state index in [0.29, 0.717) is 29.7 Å². The Labute approximate surface area is 138 Å². The van der Waals surface area contributed by atoms with Crippen molar-refractivity contribution in [3.05, 3.63) is 33.8 Å². The molecule has 3 N–H and O–H groups in total. The Hall–Kier alpha value is -1.34. The van der Waals surface area contributed by atoms with Gasteiger partial charge in [0.05, 0.1) is 22.8 Å². The number of amides is 3. The molecule has 1 aromatic rings. The zero-order valence-corrected chi connectivity index (χ0v) is 13.4. The number of benzene rings is 1. The van der Waals surface area contributed by atoms with Crippen molar-refractivity contribution >= 4 is 35.1 Å². The maximum atomic E-state index is 11.4. The number of morpholine rings is 1. The van der Waals surface area contributed by atoms with Crippen LogP contribution in [0.2, 0.25) is 10.0 Å². The average Bonchev–Trinajstić information content (AvgIpc) is 2.47. The number of nitrogens with one attached hydrogen (secondary N) is 1. The molecular formula is C14H17Cl2N3O3. The van der Waals surface area contributed by atoms with Gasteiger partial charge in [0.15, 0.2) is 0 Å². The van der Waals surface area contributed by atoms with Gasteiger partial charge in [-0.15, -0.1) is 0 Å². The monoisotopic (exact) mass is 345 g/mol. The molecule has 1 heterocycles. The van der Waals surface area contributed by atoms with Crippen LogP contribution in [0.25, 0.3) is 0 Å². The van der Waals surface area contributed by atoms with Gasteiger partial charge in [-0.1, -0.05) is 29.3 Å². The lowest BCUT2D eigenvalue weighted by molar-refractivity contribution is -0.120. The van der Waals surface area contributed by atoms with Gasteiger partial charge in [0.2, 0.25) is 5.91 Å². The Morgan fingerprint density at radius 2 is 2.14 bits per heavy atom. The normalized spacial score (nSPS) is 18.9. The maximum absolute atomic E-state index is 11.4. The summed E-state index contributed by atoms with van der Waals surface area (Å²) in [5.41, 5.74) is 5.84. The molecular weight excluding hydrogens is 329 g/mol. The second-order valence-corrected chi connectivity index (χ2v) is 5.81. The fourth-order valence-corrected chi connectivity index (χ4v) is 2.59. The van der Waals surface area contributed by atoms with E-state index in [2.05, 4.69) is 4.90 Å². The number of imide groups is 1. The van der Waals surface area contributed by atoms with E-state index in [-0.39, 0.29) is 18.4 Å². The molecule has 2 rings (SSSR count). The first-order valence-electron chi connectivity index (χ1n) is 6.84. The molecule has 8 heteroatoms. The van der Waals surface area contributed by atoms with Gasteiger partial charge in [0.1, 0.15) is 0 Å². The molecule has 0 aliphatic carbocycles. The molecule has 22 heavy (non-hydrogen) atoms. The van der Waals surface area contributed by atoms with Gasteiger partial charge in [-0.05, 0) is 17.7 Å². The summed E-state index contributed by atoms with van der Waals surface area (Å²) in [6.45, 7) is 2.45. The van der Waals surface area contributed by atoms with E-state index in [1.54, 1.807) is 12.1 Å². The number of carbonyl (C=O) groups is 2. The predicted octanol–water partition coefficient (Wildman–Crippen LogP) is 1.95. The molecule has 0 unspecified atom stereocenters. The molecule has 3 amide bonds. The second kappa shape index (κ2) is 7.78. The summed E-state index contributed by atoms with van der Waals surface area (Å²) in [6, 6.07) is 4.57. The third kappa shape index (κ3) is 4.84. The summed E-state index contributed by atoms with van der Waals surface area (Å²) < 4.78 is 5.74. The summed E-state index contributed by atoms with van der Waals surface area (Å²) in [6.07, 6.45) is 0.0829. The van der Waals surface area contributed by atoms with E-state index in [9.17, 15) is 9.59 Å². The third-order valence-electron chi connectivity index (χ3n) is 3.38. The highest BCUT2D eigenvalue weighted by Gasteiger charge is 2.23. The lowest BCUT2D eigenvalue weighted by Crippen LogP contribution is -2.41. The number of nitrogens with zero attached hydrogens (tertiary/aromatic N) is 1. The molecule has 120 valence electrons. The van der Waals surface area contributed by atoms with Gasteiger partial charge < -0.3 is 10.5 Å². The molecule has 1 atom stereocenters.